The second-order valence-electron chi connectivity index (χ2n) is 8.63. The lowest BCUT2D eigenvalue weighted by atomic mass is 9.93. The number of nitrogens with one attached hydrogen (secondary N) is 1. The van der Waals surface area contributed by atoms with Gasteiger partial charge in [0.05, 0.1) is 11.4 Å². The molecule has 0 radical (unpaired) electrons. The molecule has 0 aliphatic carbocycles. The van der Waals surface area contributed by atoms with Crippen molar-refractivity contribution in [3.63, 3.8) is 0 Å². The van der Waals surface area contributed by atoms with Crippen molar-refractivity contribution in [2.24, 2.45) is 0 Å². The van der Waals surface area contributed by atoms with Crippen LogP contribution in [0.5, 0.6) is 11.5 Å². The van der Waals surface area contributed by atoms with E-state index < -0.39 is 18.4 Å². The number of nitrogens with zero attached hydrogens (tertiary/aromatic N) is 1. The highest BCUT2D eigenvalue weighted by Gasteiger charge is 2.37. The Labute approximate surface area is 216 Å². The molecule has 0 unspecified atom stereocenters. The molecular weight excluding hydrogens is 589 g/mol. The van der Waals surface area contributed by atoms with E-state index in [-0.39, 0.29) is 5.75 Å². The van der Waals surface area contributed by atoms with Crippen LogP contribution in [-0.2, 0) is 5.60 Å². The molecule has 9 heteroatoms. The van der Waals surface area contributed by atoms with E-state index in [0.29, 0.717) is 22.7 Å². The summed E-state index contributed by atoms with van der Waals surface area (Å²) in [5.41, 5.74) is 3.81. The minimum atomic E-state index is -4.42. The number of hydrogen-bond acceptors (Lipinski definition) is 3. The van der Waals surface area contributed by atoms with Crippen molar-refractivity contribution < 1.29 is 22.6 Å². The minimum Gasteiger partial charge on any atom is -0.483 e. The van der Waals surface area contributed by atoms with Gasteiger partial charge >= 0.3 is 6.18 Å². The lowest BCUT2D eigenvalue weighted by molar-refractivity contribution is -0.153. The van der Waals surface area contributed by atoms with Gasteiger partial charge in [-0.1, -0.05) is 30.3 Å². The Morgan fingerprint density at radius 2 is 1.69 bits per heavy atom. The van der Waals surface area contributed by atoms with Gasteiger partial charge in [-0.25, -0.2) is 4.98 Å². The molecule has 2 heterocycles. The summed E-state index contributed by atoms with van der Waals surface area (Å²) in [5.74, 6) is 1.44. The average Bonchev–Trinajstić information content (AvgIpc) is 3.23. The quantitative estimate of drug-likeness (QED) is 0.253. The SMILES string of the molecule is CC1(C)Oc2cc(-c3ccccc3OCC(F)(F)F)ccc2-c2nc(-c3c(Br)cccc3Br)[nH]c21. The van der Waals surface area contributed by atoms with E-state index in [9.17, 15) is 13.2 Å². The predicted octanol–water partition coefficient (Wildman–Crippen LogP) is 8.50. The molecule has 180 valence electrons. The number of para-hydroxylation sites is 1. The molecule has 0 saturated carbocycles. The monoisotopic (exact) mass is 606 g/mol. The van der Waals surface area contributed by atoms with Crippen molar-refractivity contribution >= 4 is 31.9 Å². The number of benzene rings is 3. The van der Waals surface area contributed by atoms with E-state index in [4.69, 9.17) is 14.5 Å². The Morgan fingerprint density at radius 3 is 2.40 bits per heavy atom. The van der Waals surface area contributed by atoms with Crippen molar-refractivity contribution in [2.45, 2.75) is 25.6 Å². The maximum absolute atomic E-state index is 12.7. The van der Waals surface area contributed by atoms with Crippen molar-refractivity contribution in [1.82, 2.24) is 9.97 Å². The van der Waals surface area contributed by atoms with Gasteiger partial charge in [-0.3, -0.25) is 0 Å². The summed E-state index contributed by atoms with van der Waals surface area (Å²) >= 11 is 7.20. The van der Waals surface area contributed by atoms with Gasteiger partial charge in [-0.2, -0.15) is 13.2 Å². The Morgan fingerprint density at radius 1 is 0.971 bits per heavy atom. The highest BCUT2D eigenvalue weighted by Crippen LogP contribution is 2.47. The van der Waals surface area contributed by atoms with E-state index in [1.54, 1.807) is 18.2 Å². The van der Waals surface area contributed by atoms with Crippen LogP contribution in [0, 0.1) is 0 Å². The van der Waals surface area contributed by atoms with Crippen LogP contribution in [0.3, 0.4) is 0 Å². The van der Waals surface area contributed by atoms with Gasteiger partial charge in [-0.15, -0.1) is 0 Å². The molecule has 4 aromatic rings. The lowest BCUT2D eigenvalue weighted by Crippen LogP contribution is -2.29. The highest BCUT2D eigenvalue weighted by molar-refractivity contribution is 9.11. The van der Waals surface area contributed by atoms with Gasteiger partial charge < -0.3 is 14.5 Å². The van der Waals surface area contributed by atoms with Gasteiger partial charge in [-0.05, 0) is 81.6 Å². The summed E-state index contributed by atoms with van der Waals surface area (Å²) < 4.78 is 51.4. The maximum Gasteiger partial charge on any atom is 0.422 e. The molecule has 0 fully saturated rings. The average molecular weight is 608 g/mol. The normalized spacial score (nSPS) is 14.1. The van der Waals surface area contributed by atoms with Crippen LogP contribution in [0.2, 0.25) is 0 Å². The summed E-state index contributed by atoms with van der Waals surface area (Å²) in [6.45, 7) is 2.53. The molecule has 1 aromatic heterocycles. The number of hydrogen-bond donors (Lipinski definition) is 1. The molecule has 1 aliphatic heterocycles. The Kier molecular flexibility index (Phi) is 5.96. The Hall–Kier alpha value is -2.78. The fourth-order valence-electron chi connectivity index (χ4n) is 4.13. The van der Waals surface area contributed by atoms with E-state index in [1.807, 2.05) is 50.2 Å². The van der Waals surface area contributed by atoms with Crippen LogP contribution in [0.1, 0.15) is 19.5 Å². The highest BCUT2D eigenvalue weighted by atomic mass is 79.9. The number of imidazole rings is 1. The van der Waals surface area contributed by atoms with Crippen LogP contribution in [-0.4, -0.2) is 22.8 Å². The summed E-state index contributed by atoms with van der Waals surface area (Å²) in [5, 5.41) is 0. The zero-order valence-electron chi connectivity index (χ0n) is 18.6. The first-order valence-electron chi connectivity index (χ1n) is 10.7. The minimum absolute atomic E-state index is 0.154. The third kappa shape index (κ3) is 4.59. The zero-order chi connectivity index (χ0) is 25.0. The van der Waals surface area contributed by atoms with E-state index in [0.717, 1.165) is 31.5 Å². The number of fused-ring (bicyclic) bond motifs is 3. The summed E-state index contributed by atoms with van der Waals surface area (Å²) in [6.07, 6.45) is -4.42. The van der Waals surface area contributed by atoms with Crippen LogP contribution in [0.15, 0.2) is 69.6 Å². The molecule has 1 N–H and O–H groups in total. The first-order chi connectivity index (χ1) is 16.5. The number of H-pyrrole nitrogens is 1. The predicted molar refractivity (Wildman–Crippen MR) is 135 cm³/mol. The van der Waals surface area contributed by atoms with Crippen molar-refractivity contribution in [1.29, 1.82) is 0 Å². The second kappa shape index (κ2) is 8.71. The summed E-state index contributed by atoms with van der Waals surface area (Å²) in [4.78, 5) is 8.34. The Balaban J connectivity index is 1.58. The smallest absolute Gasteiger partial charge is 0.422 e. The number of ether oxygens (including phenoxy) is 2. The van der Waals surface area contributed by atoms with Gasteiger partial charge in [0.1, 0.15) is 22.9 Å². The molecule has 0 amide bonds. The standard InChI is InChI=1S/C26H19Br2F3N2O2/c1-25(2)23-22(32-24(33-23)21-17(27)7-5-8-18(21)28)16-11-10-14(12-20(16)35-25)15-6-3-4-9-19(15)34-13-26(29,30)31/h3-12H,13H2,1-2H3,(H,32,33). The topological polar surface area (TPSA) is 47.1 Å². The van der Waals surface area contributed by atoms with Crippen molar-refractivity contribution in [3.8, 4) is 45.3 Å². The maximum atomic E-state index is 12.7. The van der Waals surface area contributed by atoms with Crippen molar-refractivity contribution in [3.05, 3.63) is 75.3 Å². The van der Waals surface area contributed by atoms with Crippen LogP contribution < -0.4 is 9.47 Å². The molecule has 3 aromatic carbocycles. The van der Waals surface area contributed by atoms with E-state index in [1.165, 1.54) is 6.07 Å². The molecule has 0 bridgehead atoms. The molecule has 1 aliphatic rings. The number of aromatic nitrogens is 2. The molecule has 0 spiro atoms. The van der Waals surface area contributed by atoms with Gasteiger partial charge in [0.25, 0.3) is 0 Å². The van der Waals surface area contributed by atoms with Gasteiger partial charge in [0.2, 0.25) is 0 Å². The number of halogens is 5. The fourth-order valence-corrected chi connectivity index (χ4v) is 5.51. The third-order valence-corrected chi connectivity index (χ3v) is 7.02. The number of aromatic amines is 1. The molecule has 4 nitrogen and oxygen atoms in total. The second-order valence-corrected chi connectivity index (χ2v) is 10.3. The zero-order valence-corrected chi connectivity index (χ0v) is 21.8. The molecule has 0 saturated heterocycles. The molecular formula is C26H19Br2F3N2O2. The van der Waals surface area contributed by atoms with Gasteiger partial charge in [0, 0.05) is 25.6 Å². The van der Waals surface area contributed by atoms with Gasteiger partial charge in [0.15, 0.2) is 6.61 Å². The summed E-state index contributed by atoms with van der Waals surface area (Å²) in [7, 11) is 0. The molecule has 5 rings (SSSR count). The van der Waals surface area contributed by atoms with Crippen LogP contribution in [0.25, 0.3) is 33.8 Å². The van der Waals surface area contributed by atoms with E-state index >= 15 is 0 Å². The molecule has 0 atom stereocenters. The van der Waals surface area contributed by atoms with Crippen LogP contribution >= 0.6 is 31.9 Å². The number of rotatable bonds is 4. The van der Waals surface area contributed by atoms with Crippen molar-refractivity contribution in [2.75, 3.05) is 6.61 Å². The summed E-state index contributed by atoms with van der Waals surface area (Å²) in [6, 6.07) is 18.0. The largest absolute Gasteiger partial charge is 0.483 e. The fraction of sp³-hybridized carbons (Fsp3) is 0.192. The first kappa shape index (κ1) is 23.9. The lowest BCUT2D eigenvalue weighted by Gasteiger charge is -2.32. The van der Waals surface area contributed by atoms with E-state index in [2.05, 4.69) is 36.8 Å². The third-order valence-electron chi connectivity index (χ3n) is 5.70. The Bertz CT molecular complexity index is 1410. The number of alkyl halides is 3. The molecule has 35 heavy (non-hydrogen) atoms. The van der Waals surface area contributed by atoms with Crippen LogP contribution in [0.4, 0.5) is 13.2 Å². The first-order valence-corrected chi connectivity index (χ1v) is 12.3.